The molecule has 2 aromatic carbocycles. The zero-order valence-corrected chi connectivity index (χ0v) is 8.91. The Hall–Kier alpha value is -1.96. The summed E-state index contributed by atoms with van der Waals surface area (Å²) in [7, 11) is 0. The van der Waals surface area contributed by atoms with Gasteiger partial charge < -0.3 is 0 Å². The molecule has 0 heterocycles. The fourth-order valence-electron chi connectivity index (χ4n) is 1.66. The number of hydrogen-bond donors (Lipinski definition) is 0. The van der Waals surface area contributed by atoms with Crippen LogP contribution in [-0.2, 0) is 0 Å². The number of aldehydes is 1. The molecule has 0 aliphatic heterocycles. The molecule has 0 saturated carbocycles. The summed E-state index contributed by atoms with van der Waals surface area (Å²) in [6, 6.07) is 12.3. The van der Waals surface area contributed by atoms with Crippen LogP contribution in [-0.4, -0.2) is 6.29 Å². The van der Waals surface area contributed by atoms with Gasteiger partial charge in [0.15, 0.2) is 0 Å². The largest absolute Gasteiger partial charge is 0.298 e. The van der Waals surface area contributed by atoms with E-state index in [2.05, 4.69) is 0 Å². The third kappa shape index (κ3) is 1.87. The van der Waals surface area contributed by atoms with E-state index < -0.39 is 0 Å². The highest BCUT2D eigenvalue weighted by Gasteiger charge is 2.08. The quantitative estimate of drug-likeness (QED) is 0.698. The summed E-state index contributed by atoms with van der Waals surface area (Å²) in [4.78, 5) is 10.7. The number of carbonyl (C=O) groups is 1. The second kappa shape index (κ2) is 4.27. The summed E-state index contributed by atoms with van der Waals surface area (Å²) in [6.45, 7) is 1.80. The maximum Gasteiger partial charge on any atom is 0.150 e. The Labute approximate surface area is 93.5 Å². The molecule has 0 aliphatic rings. The summed E-state index contributed by atoms with van der Waals surface area (Å²) in [6.07, 6.45) is 0.674. The Morgan fingerprint density at radius 2 is 1.81 bits per heavy atom. The average Bonchev–Trinajstić information content (AvgIpc) is 2.32. The molecule has 80 valence electrons. The van der Waals surface area contributed by atoms with E-state index in [1.165, 1.54) is 6.07 Å². The van der Waals surface area contributed by atoms with E-state index in [0.717, 1.165) is 11.1 Å². The van der Waals surface area contributed by atoms with E-state index in [-0.39, 0.29) is 5.82 Å². The molecule has 0 saturated heterocycles. The van der Waals surface area contributed by atoms with Crippen LogP contribution >= 0.6 is 0 Å². The van der Waals surface area contributed by atoms with E-state index in [1.54, 1.807) is 13.0 Å². The van der Waals surface area contributed by atoms with Crippen molar-refractivity contribution in [1.82, 2.24) is 0 Å². The van der Waals surface area contributed by atoms with Crippen LogP contribution in [0.3, 0.4) is 0 Å². The first-order valence-corrected chi connectivity index (χ1v) is 5.03. The van der Waals surface area contributed by atoms with Crippen molar-refractivity contribution in [2.45, 2.75) is 6.92 Å². The van der Waals surface area contributed by atoms with Crippen LogP contribution in [0.1, 0.15) is 15.9 Å². The van der Waals surface area contributed by atoms with Gasteiger partial charge in [0.1, 0.15) is 12.1 Å². The normalized spacial score (nSPS) is 10.1. The van der Waals surface area contributed by atoms with E-state index in [1.807, 2.05) is 30.3 Å². The van der Waals surface area contributed by atoms with Crippen molar-refractivity contribution >= 4 is 6.29 Å². The van der Waals surface area contributed by atoms with E-state index >= 15 is 0 Å². The van der Waals surface area contributed by atoms with Crippen LogP contribution in [0.2, 0.25) is 0 Å². The van der Waals surface area contributed by atoms with Crippen molar-refractivity contribution in [3.05, 3.63) is 59.4 Å². The molecule has 0 radical (unpaired) electrons. The SMILES string of the molecule is Cc1cc(-c2ccccc2)c(F)cc1C=O. The van der Waals surface area contributed by atoms with Crippen molar-refractivity contribution in [1.29, 1.82) is 0 Å². The fraction of sp³-hybridized carbons (Fsp3) is 0.0714. The molecule has 2 aromatic rings. The van der Waals surface area contributed by atoms with Crippen molar-refractivity contribution in [3.8, 4) is 11.1 Å². The molecular weight excluding hydrogens is 203 g/mol. The Morgan fingerprint density at radius 1 is 1.12 bits per heavy atom. The third-order valence-corrected chi connectivity index (χ3v) is 2.57. The van der Waals surface area contributed by atoms with Crippen molar-refractivity contribution in [2.24, 2.45) is 0 Å². The van der Waals surface area contributed by atoms with E-state index in [9.17, 15) is 9.18 Å². The number of carbonyl (C=O) groups excluding carboxylic acids is 1. The van der Waals surface area contributed by atoms with Crippen LogP contribution in [0.4, 0.5) is 4.39 Å². The minimum atomic E-state index is -0.362. The summed E-state index contributed by atoms with van der Waals surface area (Å²) in [5.41, 5.74) is 2.54. The molecule has 16 heavy (non-hydrogen) atoms. The maximum atomic E-state index is 13.7. The van der Waals surface area contributed by atoms with Gasteiger partial charge in [-0.25, -0.2) is 4.39 Å². The molecule has 2 heteroatoms. The number of aryl methyl sites for hydroxylation is 1. The lowest BCUT2D eigenvalue weighted by Gasteiger charge is -2.06. The highest BCUT2D eigenvalue weighted by atomic mass is 19.1. The van der Waals surface area contributed by atoms with Crippen LogP contribution in [0.15, 0.2) is 42.5 Å². The van der Waals surface area contributed by atoms with Crippen molar-refractivity contribution in [3.63, 3.8) is 0 Å². The molecule has 0 bridgehead atoms. The molecule has 0 atom stereocenters. The summed E-state index contributed by atoms with van der Waals surface area (Å²) >= 11 is 0. The van der Waals surface area contributed by atoms with Gasteiger partial charge in [0.05, 0.1) is 0 Å². The molecule has 0 spiro atoms. The highest BCUT2D eigenvalue weighted by Crippen LogP contribution is 2.25. The van der Waals surface area contributed by atoms with Crippen molar-refractivity contribution < 1.29 is 9.18 Å². The van der Waals surface area contributed by atoms with Gasteiger partial charge in [-0.1, -0.05) is 30.3 Å². The first-order valence-electron chi connectivity index (χ1n) is 5.03. The molecule has 0 fully saturated rings. The minimum absolute atomic E-state index is 0.362. The van der Waals surface area contributed by atoms with Crippen LogP contribution in [0, 0.1) is 12.7 Å². The van der Waals surface area contributed by atoms with Crippen molar-refractivity contribution in [2.75, 3.05) is 0 Å². The smallest absolute Gasteiger partial charge is 0.150 e. The zero-order chi connectivity index (χ0) is 11.5. The number of benzene rings is 2. The van der Waals surface area contributed by atoms with Gasteiger partial charge >= 0.3 is 0 Å². The first-order chi connectivity index (χ1) is 7.72. The standard InChI is InChI=1S/C14H11FO/c1-10-7-13(11-5-3-2-4-6-11)14(15)8-12(10)9-16/h2-9H,1H3. The third-order valence-electron chi connectivity index (χ3n) is 2.57. The molecular formula is C14H11FO. The Balaban J connectivity index is 2.59. The highest BCUT2D eigenvalue weighted by molar-refractivity contribution is 5.79. The predicted octanol–water partition coefficient (Wildman–Crippen LogP) is 3.61. The zero-order valence-electron chi connectivity index (χ0n) is 8.91. The second-order valence-corrected chi connectivity index (χ2v) is 3.67. The van der Waals surface area contributed by atoms with E-state index in [4.69, 9.17) is 0 Å². The van der Waals surface area contributed by atoms with Gasteiger partial charge in [0, 0.05) is 11.1 Å². The average molecular weight is 214 g/mol. The number of hydrogen-bond acceptors (Lipinski definition) is 1. The molecule has 0 unspecified atom stereocenters. The molecule has 0 aromatic heterocycles. The lowest BCUT2D eigenvalue weighted by atomic mass is 10.00. The molecule has 0 N–H and O–H groups in total. The molecule has 0 amide bonds. The van der Waals surface area contributed by atoms with Crippen LogP contribution in [0.25, 0.3) is 11.1 Å². The van der Waals surface area contributed by atoms with Gasteiger partial charge in [-0.15, -0.1) is 0 Å². The van der Waals surface area contributed by atoms with Gasteiger partial charge in [0.2, 0.25) is 0 Å². The fourth-order valence-corrected chi connectivity index (χ4v) is 1.66. The second-order valence-electron chi connectivity index (χ2n) is 3.67. The van der Waals surface area contributed by atoms with Crippen LogP contribution < -0.4 is 0 Å². The lowest BCUT2D eigenvalue weighted by molar-refractivity contribution is 0.112. The van der Waals surface area contributed by atoms with Gasteiger partial charge in [-0.05, 0) is 30.2 Å². The molecule has 2 rings (SSSR count). The maximum absolute atomic E-state index is 13.7. The lowest BCUT2D eigenvalue weighted by Crippen LogP contribution is -1.92. The Morgan fingerprint density at radius 3 is 2.44 bits per heavy atom. The van der Waals surface area contributed by atoms with Crippen LogP contribution in [0.5, 0.6) is 0 Å². The minimum Gasteiger partial charge on any atom is -0.298 e. The molecule has 0 aliphatic carbocycles. The van der Waals surface area contributed by atoms with Gasteiger partial charge in [-0.2, -0.15) is 0 Å². The molecule has 1 nitrogen and oxygen atoms in total. The van der Waals surface area contributed by atoms with Gasteiger partial charge in [0.25, 0.3) is 0 Å². The summed E-state index contributed by atoms with van der Waals surface area (Å²) < 4.78 is 13.7. The Kier molecular flexibility index (Phi) is 2.82. The summed E-state index contributed by atoms with van der Waals surface area (Å²) in [5, 5.41) is 0. The predicted molar refractivity (Wildman–Crippen MR) is 62.0 cm³/mol. The summed E-state index contributed by atoms with van der Waals surface area (Å²) in [5.74, 6) is -0.362. The Bertz CT molecular complexity index is 518. The van der Waals surface area contributed by atoms with E-state index in [0.29, 0.717) is 17.4 Å². The van der Waals surface area contributed by atoms with Gasteiger partial charge in [-0.3, -0.25) is 4.79 Å². The first kappa shape index (κ1) is 10.6. The number of halogens is 1. The monoisotopic (exact) mass is 214 g/mol. The topological polar surface area (TPSA) is 17.1 Å². The number of rotatable bonds is 2.